The summed E-state index contributed by atoms with van der Waals surface area (Å²) in [6.07, 6.45) is 0. The van der Waals surface area contributed by atoms with E-state index in [1.165, 1.54) is 12.1 Å². The molecule has 18 heavy (non-hydrogen) atoms. The van der Waals surface area contributed by atoms with Gasteiger partial charge in [-0.15, -0.1) is 0 Å². The van der Waals surface area contributed by atoms with Crippen LogP contribution in [-0.4, -0.2) is 0 Å². The lowest BCUT2D eigenvalue weighted by atomic mass is 10.1. The Hall–Kier alpha value is -2.41. The molecule has 0 aliphatic heterocycles. The summed E-state index contributed by atoms with van der Waals surface area (Å²) in [5, 5.41) is 11.5. The first kappa shape index (κ1) is 12.1. The number of nitrogens with one attached hydrogen (secondary N) is 1. The van der Waals surface area contributed by atoms with Crippen LogP contribution in [0.25, 0.3) is 0 Å². The third-order valence-corrected chi connectivity index (χ3v) is 2.59. The minimum atomic E-state index is -0.689. The van der Waals surface area contributed by atoms with E-state index in [9.17, 15) is 8.78 Å². The smallest absolute Gasteiger partial charge is 0.152 e. The van der Waals surface area contributed by atoms with Crippen molar-refractivity contribution in [2.45, 2.75) is 6.92 Å². The molecular formula is C14H10F2N2. The number of hydrogen-bond acceptors (Lipinski definition) is 2. The number of hydrogen-bond donors (Lipinski definition) is 1. The molecule has 2 nitrogen and oxygen atoms in total. The molecule has 2 aromatic rings. The highest BCUT2D eigenvalue weighted by Crippen LogP contribution is 2.27. The van der Waals surface area contributed by atoms with Crippen molar-refractivity contribution in [3.8, 4) is 6.07 Å². The highest BCUT2D eigenvalue weighted by molar-refractivity contribution is 5.67. The number of aryl methyl sites for hydroxylation is 1. The molecule has 0 amide bonds. The van der Waals surface area contributed by atoms with Crippen LogP contribution in [0.1, 0.15) is 11.1 Å². The van der Waals surface area contributed by atoms with Gasteiger partial charge in [0.05, 0.1) is 11.3 Å². The number of nitriles is 1. The zero-order chi connectivity index (χ0) is 13.1. The van der Waals surface area contributed by atoms with Crippen LogP contribution in [0.4, 0.5) is 20.2 Å². The average Bonchev–Trinajstić information content (AvgIpc) is 2.39. The van der Waals surface area contributed by atoms with E-state index in [1.54, 1.807) is 31.2 Å². The van der Waals surface area contributed by atoms with Crippen LogP contribution < -0.4 is 5.32 Å². The minimum absolute atomic E-state index is 0.238. The molecule has 0 unspecified atom stereocenters. The van der Waals surface area contributed by atoms with Crippen LogP contribution in [0.2, 0.25) is 0 Å². The quantitative estimate of drug-likeness (QED) is 0.869. The number of benzene rings is 2. The molecule has 1 N–H and O–H groups in total. The molecular weight excluding hydrogens is 234 g/mol. The first-order valence-electron chi connectivity index (χ1n) is 5.34. The Labute approximate surface area is 103 Å². The van der Waals surface area contributed by atoms with E-state index in [4.69, 9.17) is 5.26 Å². The van der Waals surface area contributed by atoms with Crippen molar-refractivity contribution in [1.29, 1.82) is 5.26 Å². The van der Waals surface area contributed by atoms with E-state index in [-0.39, 0.29) is 5.69 Å². The van der Waals surface area contributed by atoms with Gasteiger partial charge < -0.3 is 5.32 Å². The van der Waals surface area contributed by atoms with Crippen molar-refractivity contribution >= 4 is 11.4 Å². The summed E-state index contributed by atoms with van der Waals surface area (Å²) in [6, 6.07) is 11.1. The van der Waals surface area contributed by atoms with E-state index in [0.29, 0.717) is 16.8 Å². The van der Waals surface area contributed by atoms with E-state index in [2.05, 4.69) is 5.32 Å². The summed E-state index contributed by atoms with van der Waals surface area (Å²) >= 11 is 0. The summed E-state index contributed by atoms with van der Waals surface area (Å²) in [5.74, 6) is -1.34. The highest BCUT2D eigenvalue weighted by Gasteiger charge is 2.12. The van der Waals surface area contributed by atoms with Gasteiger partial charge in [-0.25, -0.2) is 8.78 Å². The Morgan fingerprint density at radius 1 is 1.11 bits per heavy atom. The Kier molecular flexibility index (Phi) is 3.24. The predicted molar refractivity (Wildman–Crippen MR) is 65.5 cm³/mol. The van der Waals surface area contributed by atoms with Gasteiger partial charge in [0.2, 0.25) is 0 Å². The lowest BCUT2D eigenvalue weighted by molar-refractivity contribution is 0.585. The summed E-state index contributed by atoms with van der Waals surface area (Å²) in [5.41, 5.74) is 0.812. The Morgan fingerprint density at radius 2 is 1.83 bits per heavy atom. The molecule has 2 rings (SSSR count). The van der Waals surface area contributed by atoms with Gasteiger partial charge in [0.15, 0.2) is 5.82 Å². The average molecular weight is 244 g/mol. The fraction of sp³-hybridized carbons (Fsp3) is 0.0714. The molecule has 0 aromatic heterocycles. The first-order chi connectivity index (χ1) is 8.63. The zero-order valence-electron chi connectivity index (χ0n) is 9.67. The number of nitrogens with zero attached hydrogens (tertiary/aromatic N) is 1. The van der Waals surface area contributed by atoms with Crippen molar-refractivity contribution in [3.05, 3.63) is 59.2 Å². The SMILES string of the molecule is Cc1ccc(F)c(Nc2ccccc2C#N)c1F. The topological polar surface area (TPSA) is 35.8 Å². The van der Waals surface area contributed by atoms with Gasteiger partial charge in [-0.1, -0.05) is 18.2 Å². The largest absolute Gasteiger partial charge is 0.350 e. The molecule has 0 bridgehead atoms. The lowest BCUT2D eigenvalue weighted by Gasteiger charge is -2.11. The molecule has 0 saturated heterocycles. The molecule has 90 valence electrons. The van der Waals surface area contributed by atoms with Crippen LogP contribution in [0.5, 0.6) is 0 Å². The summed E-state index contributed by atoms with van der Waals surface area (Å²) in [7, 11) is 0. The van der Waals surface area contributed by atoms with E-state index in [0.717, 1.165) is 0 Å². The number of anilines is 2. The second kappa shape index (κ2) is 4.84. The second-order valence-electron chi connectivity index (χ2n) is 3.84. The van der Waals surface area contributed by atoms with Gasteiger partial charge in [0, 0.05) is 0 Å². The number of rotatable bonds is 2. The molecule has 4 heteroatoms. The Morgan fingerprint density at radius 3 is 2.56 bits per heavy atom. The van der Waals surface area contributed by atoms with Crippen LogP contribution in [0, 0.1) is 29.9 Å². The minimum Gasteiger partial charge on any atom is -0.350 e. The van der Waals surface area contributed by atoms with Crippen molar-refractivity contribution < 1.29 is 8.78 Å². The van der Waals surface area contributed by atoms with Crippen LogP contribution in [-0.2, 0) is 0 Å². The van der Waals surface area contributed by atoms with Gasteiger partial charge in [0.25, 0.3) is 0 Å². The molecule has 0 saturated carbocycles. The van der Waals surface area contributed by atoms with Gasteiger partial charge in [-0.3, -0.25) is 0 Å². The normalized spacial score (nSPS) is 9.89. The fourth-order valence-corrected chi connectivity index (χ4v) is 1.60. The highest BCUT2D eigenvalue weighted by atomic mass is 19.1. The van der Waals surface area contributed by atoms with Crippen LogP contribution in [0.3, 0.4) is 0 Å². The van der Waals surface area contributed by atoms with Crippen molar-refractivity contribution in [1.82, 2.24) is 0 Å². The monoisotopic (exact) mass is 244 g/mol. The van der Waals surface area contributed by atoms with E-state index >= 15 is 0 Å². The molecule has 2 aromatic carbocycles. The maximum Gasteiger partial charge on any atom is 0.152 e. The zero-order valence-corrected chi connectivity index (χ0v) is 9.67. The fourth-order valence-electron chi connectivity index (χ4n) is 1.60. The lowest BCUT2D eigenvalue weighted by Crippen LogP contribution is -2.00. The second-order valence-corrected chi connectivity index (χ2v) is 3.84. The molecule has 0 aliphatic carbocycles. The van der Waals surface area contributed by atoms with E-state index < -0.39 is 11.6 Å². The maximum absolute atomic E-state index is 13.8. The molecule has 0 spiro atoms. The molecule has 0 fully saturated rings. The molecule has 0 atom stereocenters. The van der Waals surface area contributed by atoms with Crippen LogP contribution >= 0.6 is 0 Å². The predicted octanol–water partition coefficient (Wildman–Crippen LogP) is 3.89. The summed E-state index contributed by atoms with van der Waals surface area (Å²) < 4.78 is 27.4. The molecule has 0 heterocycles. The number of halogens is 2. The standard InChI is InChI=1S/C14H10F2N2/c1-9-6-7-11(15)14(13(9)16)18-12-5-3-2-4-10(12)8-17/h2-7,18H,1H3. The Bertz CT molecular complexity index is 630. The van der Waals surface area contributed by atoms with Crippen molar-refractivity contribution in [2.24, 2.45) is 0 Å². The third-order valence-electron chi connectivity index (χ3n) is 2.59. The van der Waals surface area contributed by atoms with E-state index in [1.807, 2.05) is 6.07 Å². The van der Waals surface area contributed by atoms with Gasteiger partial charge in [-0.2, -0.15) is 5.26 Å². The first-order valence-corrected chi connectivity index (χ1v) is 5.34. The summed E-state index contributed by atoms with van der Waals surface area (Å²) in [4.78, 5) is 0. The maximum atomic E-state index is 13.8. The number of para-hydroxylation sites is 1. The molecule has 0 radical (unpaired) electrons. The van der Waals surface area contributed by atoms with Crippen molar-refractivity contribution in [2.75, 3.05) is 5.32 Å². The molecule has 0 aliphatic rings. The van der Waals surface area contributed by atoms with Gasteiger partial charge in [0.1, 0.15) is 17.6 Å². The van der Waals surface area contributed by atoms with Gasteiger partial charge in [-0.05, 0) is 30.7 Å². The third kappa shape index (κ3) is 2.16. The van der Waals surface area contributed by atoms with Crippen molar-refractivity contribution in [3.63, 3.8) is 0 Å². The summed E-state index contributed by atoms with van der Waals surface area (Å²) in [6.45, 7) is 1.55. The van der Waals surface area contributed by atoms with Gasteiger partial charge >= 0.3 is 0 Å². The Balaban J connectivity index is 2.47. The van der Waals surface area contributed by atoms with Crippen LogP contribution in [0.15, 0.2) is 36.4 Å².